The fourth-order valence-corrected chi connectivity index (χ4v) is 3.14. The monoisotopic (exact) mass is 323 g/mol. The van der Waals surface area contributed by atoms with Gasteiger partial charge in [-0.2, -0.15) is 0 Å². The molecule has 0 saturated carbocycles. The van der Waals surface area contributed by atoms with Gasteiger partial charge < -0.3 is 10.6 Å². The Labute approximate surface area is 143 Å². The summed E-state index contributed by atoms with van der Waals surface area (Å²) in [5.74, 6) is 0.862. The van der Waals surface area contributed by atoms with Gasteiger partial charge in [0.25, 0.3) is 0 Å². The van der Waals surface area contributed by atoms with Gasteiger partial charge in [0.1, 0.15) is 0 Å². The summed E-state index contributed by atoms with van der Waals surface area (Å²) in [6.07, 6.45) is 7.67. The molecule has 2 aromatic rings. The van der Waals surface area contributed by atoms with Crippen LogP contribution >= 0.6 is 0 Å². The fourth-order valence-electron chi connectivity index (χ4n) is 3.14. The summed E-state index contributed by atoms with van der Waals surface area (Å²) in [6, 6.07) is 12.3. The van der Waals surface area contributed by atoms with Crippen LogP contribution in [0.1, 0.15) is 31.2 Å². The molecule has 0 bridgehead atoms. The maximum Gasteiger partial charge on any atom is 0.220 e. The molecule has 2 heterocycles. The fraction of sp³-hybridized carbons (Fsp3) is 0.400. The number of carbonyl (C=O) groups is 1. The van der Waals surface area contributed by atoms with E-state index >= 15 is 0 Å². The Kier molecular flexibility index (Phi) is 5.96. The zero-order chi connectivity index (χ0) is 16.6. The molecule has 126 valence electrons. The molecule has 4 nitrogen and oxygen atoms in total. The van der Waals surface area contributed by atoms with E-state index in [4.69, 9.17) is 0 Å². The summed E-state index contributed by atoms with van der Waals surface area (Å²) in [4.78, 5) is 16.2. The minimum atomic E-state index is 0.157. The summed E-state index contributed by atoms with van der Waals surface area (Å²) in [5, 5.41) is 6.39. The third kappa shape index (κ3) is 4.90. The lowest BCUT2D eigenvalue weighted by Gasteiger charge is -2.22. The Balaban J connectivity index is 1.43. The second-order valence-corrected chi connectivity index (χ2v) is 6.45. The van der Waals surface area contributed by atoms with Crippen LogP contribution in [0.15, 0.2) is 48.8 Å². The van der Waals surface area contributed by atoms with Crippen molar-refractivity contribution in [3.8, 4) is 11.1 Å². The Morgan fingerprint density at radius 3 is 2.62 bits per heavy atom. The van der Waals surface area contributed by atoms with Gasteiger partial charge in [0, 0.05) is 25.4 Å². The molecule has 1 aliphatic rings. The molecule has 2 N–H and O–H groups in total. The van der Waals surface area contributed by atoms with Gasteiger partial charge in [-0.3, -0.25) is 9.78 Å². The third-order valence-corrected chi connectivity index (χ3v) is 4.68. The van der Waals surface area contributed by atoms with Crippen molar-refractivity contribution in [2.24, 2.45) is 5.92 Å². The molecule has 1 aliphatic heterocycles. The van der Waals surface area contributed by atoms with Crippen LogP contribution in [0, 0.1) is 5.92 Å². The number of benzene rings is 1. The van der Waals surface area contributed by atoms with E-state index < -0.39 is 0 Å². The SMILES string of the molecule is O=C(CCC1CCNCC1)NCc1ccc(-c2cccnc2)cc1. The van der Waals surface area contributed by atoms with Crippen molar-refractivity contribution in [3.05, 3.63) is 54.4 Å². The zero-order valence-corrected chi connectivity index (χ0v) is 14.0. The summed E-state index contributed by atoms with van der Waals surface area (Å²) >= 11 is 0. The Morgan fingerprint density at radius 1 is 1.12 bits per heavy atom. The molecule has 0 atom stereocenters. The number of pyridine rings is 1. The molecule has 1 fully saturated rings. The van der Waals surface area contributed by atoms with Crippen molar-refractivity contribution in [2.75, 3.05) is 13.1 Å². The van der Waals surface area contributed by atoms with Gasteiger partial charge in [-0.25, -0.2) is 0 Å². The van der Waals surface area contributed by atoms with Crippen LogP contribution in [0.4, 0.5) is 0 Å². The third-order valence-electron chi connectivity index (χ3n) is 4.68. The van der Waals surface area contributed by atoms with Crippen molar-refractivity contribution in [2.45, 2.75) is 32.2 Å². The molecular formula is C20H25N3O. The van der Waals surface area contributed by atoms with E-state index in [9.17, 15) is 4.79 Å². The first-order valence-electron chi connectivity index (χ1n) is 8.78. The van der Waals surface area contributed by atoms with Crippen LogP contribution in [0.5, 0.6) is 0 Å². The Morgan fingerprint density at radius 2 is 1.92 bits per heavy atom. The van der Waals surface area contributed by atoms with Crippen molar-refractivity contribution >= 4 is 5.91 Å². The van der Waals surface area contributed by atoms with Crippen LogP contribution in [0.25, 0.3) is 11.1 Å². The van der Waals surface area contributed by atoms with Crippen LogP contribution in [-0.4, -0.2) is 24.0 Å². The first kappa shape index (κ1) is 16.7. The lowest BCUT2D eigenvalue weighted by atomic mass is 9.93. The molecule has 1 saturated heterocycles. The number of hydrogen-bond acceptors (Lipinski definition) is 3. The molecule has 0 spiro atoms. The highest BCUT2D eigenvalue weighted by Gasteiger charge is 2.14. The van der Waals surface area contributed by atoms with Crippen molar-refractivity contribution in [1.82, 2.24) is 15.6 Å². The summed E-state index contributed by atoms with van der Waals surface area (Å²) in [6.45, 7) is 2.78. The average molecular weight is 323 g/mol. The molecule has 1 aromatic carbocycles. The van der Waals surface area contributed by atoms with Gasteiger partial charge in [-0.1, -0.05) is 30.3 Å². The van der Waals surface area contributed by atoms with Crippen LogP contribution in [0.2, 0.25) is 0 Å². The van der Waals surface area contributed by atoms with Gasteiger partial charge in [-0.05, 0) is 61.0 Å². The van der Waals surface area contributed by atoms with Crippen molar-refractivity contribution in [3.63, 3.8) is 0 Å². The molecule has 0 radical (unpaired) electrons. The van der Waals surface area contributed by atoms with E-state index in [2.05, 4.69) is 39.9 Å². The van der Waals surface area contributed by atoms with Crippen molar-refractivity contribution < 1.29 is 4.79 Å². The topological polar surface area (TPSA) is 54.0 Å². The van der Waals surface area contributed by atoms with Gasteiger partial charge in [0.15, 0.2) is 0 Å². The molecule has 1 aromatic heterocycles. The highest BCUT2D eigenvalue weighted by molar-refractivity contribution is 5.75. The number of hydrogen-bond donors (Lipinski definition) is 2. The zero-order valence-electron chi connectivity index (χ0n) is 14.0. The average Bonchev–Trinajstić information content (AvgIpc) is 2.67. The Bertz CT molecular complexity index is 634. The number of nitrogens with one attached hydrogen (secondary N) is 2. The van der Waals surface area contributed by atoms with Gasteiger partial charge >= 0.3 is 0 Å². The second kappa shape index (κ2) is 8.60. The largest absolute Gasteiger partial charge is 0.352 e. The lowest BCUT2D eigenvalue weighted by molar-refractivity contribution is -0.121. The first-order valence-corrected chi connectivity index (χ1v) is 8.78. The second-order valence-electron chi connectivity index (χ2n) is 6.45. The number of aromatic nitrogens is 1. The number of nitrogens with zero attached hydrogens (tertiary/aromatic N) is 1. The minimum Gasteiger partial charge on any atom is -0.352 e. The van der Waals surface area contributed by atoms with Crippen LogP contribution in [-0.2, 0) is 11.3 Å². The molecule has 4 heteroatoms. The van der Waals surface area contributed by atoms with Crippen LogP contribution in [0.3, 0.4) is 0 Å². The highest BCUT2D eigenvalue weighted by atomic mass is 16.1. The standard InChI is InChI=1S/C20H25N3O/c24-20(8-5-16-9-12-21-13-10-16)23-14-17-3-6-18(7-4-17)19-2-1-11-22-15-19/h1-4,6-7,11,15-16,21H,5,8-10,12-14H2,(H,23,24). The Hall–Kier alpha value is -2.20. The first-order chi connectivity index (χ1) is 11.8. The molecule has 1 amide bonds. The lowest BCUT2D eigenvalue weighted by Crippen LogP contribution is -2.29. The molecular weight excluding hydrogens is 298 g/mol. The van der Waals surface area contributed by atoms with E-state index in [0.717, 1.165) is 36.2 Å². The van der Waals surface area contributed by atoms with Gasteiger partial charge in [-0.15, -0.1) is 0 Å². The molecule has 0 unspecified atom stereocenters. The van der Waals surface area contributed by atoms with Gasteiger partial charge in [0.05, 0.1) is 0 Å². The van der Waals surface area contributed by atoms with E-state index in [1.807, 2.05) is 18.3 Å². The normalized spacial score (nSPS) is 15.2. The quantitative estimate of drug-likeness (QED) is 0.858. The molecule has 24 heavy (non-hydrogen) atoms. The van der Waals surface area contributed by atoms with E-state index in [1.54, 1.807) is 6.20 Å². The predicted octanol–water partition coefficient (Wildman–Crippen LogP) is 3.14. The number of piperidine rings is 1. The van der Waals surface area contributed by atoms with Gasteiger partial charge in [0.2, 0.25) is 5.91 Å². The maximum absolute atomic E-state index is 12.0. The highest BCUT2D eigenvalue weighted by Crippen LogP contribution is 2.19. The summed E-state index contributed by atoms with van der Waals surface area (Å²) in [5.41, 5.74) is 3.37. The van der Waals surface area contributed by atoms with Crippen molar-refractivity contribution in [1.29, 1.82) is 0 Å². The minimum absolute atomic E-state index is 0.157. The smallest absolute Gasteiger partial charge is 0.220 e. The molecule has 0 aliphatic carbocycles. The summed E-state index contributed by atoms with van der Waals surface area (Å²) in [7, 11) is 0. The van der Waals surface area contributed by atoms with Crippen LogP contribution < -0.4 is 10.6 Å². The number of amides is 1. The maximum atomic E-state index is 12.0. The summed E-state index contributed by atoms with van der Waals surface area (Å²) < 4.78 is 0. The predicted molar refractivity (Wildman–Crippen MR) is 96.3 cm³/mol. The number of rotatable bonds is 6. The molecule has 3 rings (SSSR count). The van der Waals surface area contributed by atoms with E-state index in [0.29, 0.717) is 18.9 Å². The van der Waals surface area contributed by atoms with E-state index in [1.165, 1.54) is 12.8 Å². The number of carbonyl (C=O) groups excluding carboxylic acids is 1. The van der Waals surface area contributed by atoms with E-state index in [-0.39, 0.29) is 5.91 Å².